The van der Waals surface area contributed by atoms with Crippen LogP contribution in [0.25, 0.3) is 10.8 Å². The van der Waals surface area contributed by atoms with Crippen molar-refractivity contribution in [1.29, 1.82) is 0 Å². The van der Waals surface area contributed by atoms with Gasteiger partial charge in [0.1, 0.15) is 18.2 Å². The minimum atomic E-state index is -1.56. The summed E-state index contributed by atoms with van der Waals surface area (Å²) >= 11 is 0. The lowest BCUT2D eigenvalue weighted by Gasteiger charge is -2.34. The largest absolute Gasteiger partial charge is 0.489 e. The average Bonchev–Trinajstić information content (AvgIpc) is 2.75. The first kappa shape index (κ1) is 20.3. The van der Waals surface area contributed by atoms with Gasteiger partial charge in [0.25, 0.3) is 5.79 Å². The van der Waals surface area contributed by atoms with Gasteiger partial charge in [0.2, 0.25) is 0 Å². The quantitative estimate of drug-likeness (QED) is 0.645. The smallest absolute Gasteiger partial charge is 0.364 e. The van der Waals surface area contributed by atoms with Gasteiger partial charge in [-0.3, -0.25) is 0 Å². The van der Waals surface area contributed by atoms with Gasteiger partial charge in [0, 0.05) is 18.4 Å². The highest BCUT2D eigenvalue weighted by Gasteiger charge is 2.40. The van der Waals surface area contributed by atoms with E-state index in [1.165, 1.54) is 13.0 Å². The predicted octanol–water partition coefficient (Wildman–Crippen LogP) is 4.56. The van der Waals surface area contributed by atoms with Crippen LogP contribution >= 0.6 is 0 Å². The Bertz CT molecular complexity index is 1060. The molecular weight excluding hydrogens is 387 g/mol. The van der Waals surface area contributed by atoms with Gasteiger partial charge in [0.15, 0.2) is 0 Å². The fourth-order valence-corrected chi connectivity index (χ4v) is 3.48. The van der Waals surface area contributed by atoms with Crippen molar-refractivity contribution < 1.29 is 28.5 Å². The van der Waals surface area contributed by atoms with Gasteiger partial charge in [-0.25, -0.2) is 9.18 Å². The number of halogens is 1. The molecule has 30 heavy (non-hydrogen) atoms. The lowest BCUT2D eigenvalue weighted by atomic mass is 9.97. The van der Waals surface area contributed by atoms with Crippen molar-refractivity contribution in [2.45, 2.75) is 25.7 Å². The molecule has 1 N–H and O–H groups in total. The summed E-state index contributed by atoms with van der Waals surface area (Å²) in [4.78, 5) is 11.2. The first-order valence-electron chi connectivity index (χ1n) is 9.83. The number of hydrogen-bond acceptors (Lipinski definition) is 4. The van der Waals surface area contributed by atoms with E-state index in [4.69, 9.17) is 19.3 Å². The third-order valence-electron chi connectivity index (χ3n) is 5.33. The highest BCUT2D eigenvalue weighted by Crippen LogP contribution is 2.27. The molecule has 1 aliphatic rings. The standard InChI is InChI=1S/C24H23FO5/c1-24(23(26)27)29-13-17(14-30-24)10-16-6-7-19-12-21(9-8-18(19)11-16)28-15-20-4-2-3-5-22(20)25/h2-9,11-12,17H,10,13-15H2,1H3,(H,26,27). The Balaban J connectivity index is 1.40. The molecule has 0 aliphatic carbocycles. The zero-order chi connectivity index (χ0) is 21.1. The number of carboxylic acid groups (broad SMARTS) is 1. The normalized spacial score (nSPS) is 21.5. The molecule has 0 radical (unpaired) electrons. The van der Waals surface area contributed by atoms with E-state index < -0.39 is 11.8 Å². The van der Waals surface area contributed by atoms with Gasteiger partial charge in [-0.05, 0) is 41.0 Å². The molecule has 3 aromatic carbocycles. The Labute approximate surface area is 174 Å². The molecular formula is C24H23FO5. The molecule has 4 rings (SSSR count). The van der Waals surface area contributed by atoms with Crippen molar-refractivity contribution in [2.75, 3.05) is 13.2 Å². The third kappa shape index (κ3) is 4.45. The summed E-state index contributed by atoms with van der Waals surface area (Å²) in [6.45, 7) is 2.27. The second-order valence-corrected chi connectivity index (χ2v) is 7.67. The molecule has 0 atom stereocenters. The first-order chi connectivity index (χ1) is 14.4. The van der Waals surface area contributed by atoms with Crippen molar-refractivity contribution in [3.8, 4) is 5.75 Å². The van der Waals surface area contributed by atoms with Gasteiger partial charge < -0.3 is 19.3 Å². The average molecular weight is 410 g/mol. The lowest BCUT2D eigenvalue weighted by molar-refractivity contribution is -0.270. The zero-order valence-electron chi connectivity index (χ0n) is 16.6. The summed E-state index contributed by atoms with van der Waals surface area (Å²) < 4.78 is 30.3. The number of hydrogen-bond donors (Lipinski definition) is 1. The molecule has 0 saturated carbocycles. The molecule has 1 aliphatic heterocycles. The fourth-order valence-electron chi connectivity index (χ4n) is 3.48. The third-order valence-corrected chi connectivity index (χ3v) is 5.33. The van der Waals surface area contributed by atoms with E-state index in [0.717, 1.165) is 22.8 Å². The lowest BCUT2D eigenvalue weighted by Crippen LogP contribution is -2.48. The Morgan fingerprint density at radius 2 is 1.80 bits per heavy atom. The Morgan fingerprint density at radius 3 is 2.53 bits per heavy atom. The molecule has 5 nitrogen and oxygen atoms in total. The number of ether oxygens (including phenoxy) is 3. The second-order valence-electron chi connectivity index (χ2n) is 7.67. The summed E-state index contributed by atoms with van der Waals surface area (Å²) in [5.74, 6) is -2.17. The van der Waals surface area contributed by atoms with E-state index in [0.29, 0.717) is 24.5 Å². The van der Waals surface area contributed by atoms with Crippen LogP contribution in [0.4, 0.5) is 4.39 Å². The van der Waals surface area contributed by atoms with E-state index >= 15 is 0 Å². The highest BCUT2D eigenvalue weighted by atomic mass is 19.1. The Kier molecular flexibility index (Phi) is 5.70. The fraction of sp³-hybridized carbons (Fsp3) is 0.292. The molecule has 3 aromatic rings. The summed E-state index contributed by atoms with van der Waals surface area (Å²) in [7, 11) is 0. The summed E-state index contributed by atoms with van der Waals surface area (Å²) in [5.41, 5.74) is 1.64. The monoisotopic (exact) mass is 410 g/mol. The van der Waals surface area contributed by atoms with Crippen LogP contribution in [0.1, 0.15) is 18.1 Å². The number of fused-ring (bicyclic) bond motifs is 1. The van der Waals surface area contributed by atoms with Crippen molar-refractivity contribution in [1.82, 2.24) is 0 Å². The van der Waals surface area contributed by atoms with Gasteiger partial charge in [-0.2, -0.15) is 0 Å². The van der Waals surface area contributed by atoms with Crippen molar-refractivity contribution in [2.24, 2.45) is 5.92 Å². The summed E-state index contributed by atoms with van der Waals surface area (Å²) in [6.07, 6.45) is 0.733. The molecule has 6 heteroatoms. The number of rotatable bonds is 6. The zero-order valence-corrected chi connectivity index (χ0v) is 16.6. The van der Waals surface area contributed by atoms with Crippen molar-refractivity contribution >= 4 is 16.7 Å². The number of benzene rings is 3. The SMILES string of the molecule is CC1(C(=O)O)OCC(Cc2ccc3cc(OCc4ccccc4F)ccc3c2)CO1. The number of carboxylic acids is 1. The molecule has 1 heterocycles. The van der Waals surface area contributed by atoms with E-state index in [2.05, 4.69) is 6.07 Å². The minimum absolute atomic E-state index is 0.0956. The predicted molar refractivity (Wildman–Crippen MR) is 110 cm³/mol. The molecule has 0 bridgehead atoms. The van der Waals surface area contributed by atoms with Gasteiger partial charge >= 0.3 is 5.97 Å². The Hall–Kier alpha value is -2.96. The van der Waals surface area contributed by atoms with Gasteiger partial charge in [-0.1, -0.05) is 42.5 Å². The van der Waals surface area contributed by atoms with E-state index in [1.807, 2.05) is 30.3 Å². The maximum Gasteiger partial charge on any atom is 0.364 e. The number of aliphatic carboxylic acids is 1. The summed E-state index contributed by atoms with van der Waals surface area (Å²) in [6, 6.07) is 18.5. The van der Waals surface area contributed by atoms with E-state index in [9.17, 15) is 9.18 Å². The van der Waals surface area contributed by atoms with E-state index in [-0.39, 0.29) is 18.3 Å². The molecule has 0 spiro atoms. The van der Waals surface area contributed by atoms with Crippen LogP contribution in [-0.4, -0.2) is 30.1 Å². The van der Waals surface area contributed by atoms with Crippen LogP contribution in [0.2, 0.25) is 0 Å². The van der Waals surface area contributed by atoms with Crippen LogP contribution in [0.15, 0.2) is 60.7 Å². The van der Waals surface area contributed by atoms with Crippen LogP contribution in [0.3, 0.4) is 0 Å². The maximum atomic E-state index is 13.7. The molecule has 0 aromatic heterocycles. The van der Waals surface area contributed by atoms with E-state index in [1.54, 1.807) is 18.2 Å². The second kappa shape index (κ2) is 8.42. The van der Waals surface area contributed by atoms with Crippen LogP contribution < -0.4 is 4.74 Å². The van der Waals surface area contributed by atoms with Gasteiger partial charge in [0.05, 0.1) is 13.2 Å². The molecule has 1 saturated heterocycles. The highest BCUT2D eigenvalue weighted by molar-refractivity contribution is 5.84. The van der Waals surface area contributed by atoms with Gasteiger partial charge in [-0.15, -0.1) is 0 Å². The van der Waals surface area contributed by atoms with Crippen LogP contribution in [0.5, 0.6) is 5.75 Å². The molecule has 0 amide bonds. The molecule has 1 fully saturated rings. The van der Waals surface area contributed by atoms with Crippen molar-refractivity contribution in [3.63, 3.8) is 0 Å². The van der Waals surface area contributed by atoms with Crippen LogP contribution in [-0.2, 0) is 27.3 Å². The topological polar surface area (TPSA) is 65.0 Å². The maximum absolute atomic E-state index is 13.7. The number of carbonyl (C=O) groups is 1. The van der Waals surface area contributed by atoms with Crippen LogP contribution in [0, 0.1) is 11.7 Å². The summed E-state index contributed by atoms with van der Waals surface area (Å²) in [5, 5.41) is 11.2. The van der Waals surface area contributed by atoms with Crippen molar-refractivity contribution in [3.05, 3.63) is 77.6 Å². The molecule has 0 unspecified atom stereocenters. The Morgan fingerprint density at radius 1 is 1.10 bits per heavy atom. The first-order valence-corrected chi connectivity index (χ1v) is 9.83. The molecule has 156 valence electrons. The minimum Gasteiger partial charge on any atom is -0.489 e.